The van der Waals surface area contributed by atoms with E-state index in [0.29, 0.717) is 11.7 Å². The molecule has 2 fully saturated rings. The monoisotopic (exact) mass is 432 g/mol. The molecule has 2 aliphatic heterocycles. The van der Waals surface area contributed by atoms with E-state index in [4.69, 9.17) is 9.47 Å². The van der Waals surface area contributed by atoms with Gasteiger partial charge in [-0.3, -0.25) is 0 Å². The van der Waals surface area contributed by atoms with Crippen molar-refractivity contribution in [3.63, 3.8) is 0 Å². The van der Waals surface area contributed by atoms with Crippen molar-refractivity contribution in [1.29, 1.82) is 0 Å². The first kappa shape index (κ1) is 22.8. The fraction of sp³-hybridized carbons (Fsp3) is 0.478. The van der Waals surface area contributed by atoms with Gasteiger partial charge in [-0.2, -0.15) is 0 Å². The van der Waals surface area contributed by atoms with Gasteiger partial charge in [0.2, 0.25) is 5.88 Å². The molecule has 0 saturated carbocycles. The second kappa shape index (κ2) is 9.49. The van der Waals surface area contributed by atoms with E-state index in [1.807, 2.05) is 18.0 Å². The number of amidine groups is 1. The van der Waals surface area contributed by atoms with Gasteiger partial charge >= 0.3 is 0 Å². The van der Waals surface area contributed by atoms with E-state index >= 15 is 0 Å². The molecule has 8 heteroatoms. The zero-order chi connectivity index (χ0) is 22.6. The lowest BCUT2D eigenvalue weighted by molar-refractivity contribution is -0.0242. The molecule has 31 heavy (non-hydrogen) atoms. The van der Waals surface area contributed by atoms with Crippen LogP contribution >= 0.6 is 0 Å². The third kappa shape index (κ3) is 6.06. The highest BCUT2D eigenvalue weighted by Crippen LogP contribution is 2.29. The molecule has 0 spiro atoms. The number of rotatable bonds is 8. The molecule has 0 aliphatic carbocycles. The summed E-state index contributed by atoms with van der Waals surface area (Å²) in [4.78, 5) is 12.9. The SMILES string of the molecule is C=C/C(=C\N=C(C)N1CC(C)C1)N1CC[C@@H](Oc2ccc(OCC(C)(F)F)nc2)C1=C. The van der Waals surface area contributed by atoms with Crippen molar-refractivity contribution in [1.82, 2.24) is 14.8 Å². The quantitative estimate of drug-likeness (QED) is 0.344. The minimum atomic E-state index is -2.91. The highest BCUT2D eigenvalue weighted by Gasteiger charge is 2.30. The normalized spacial score (nSPS) is 20.7. The highest BCUT2D eigenvalue weighted by molar-refractivity contribution is 5.81. The summed E-state index contributed by atoms with van der Waals surface area (Å²) in [5.41, 5.74) is 1.67. The van der Waals surface area contributed by atoms with E-state index in [2.05, 4.69) is 35.0 Å². The standard InChI is InChI=1S/C23H30F2N4O2/c1-6-19(11-26-18(4)28-13-16(2)14-28)29-10-9-21(17(29)3)31-20-7-8-22(27-12-20)30-15-23(5,24)25/h6-8,11-12,16,21H,1,3,9-10,13-15H2,2,4-5H3/b19-11+,26-18?/t21-/m1/s1. The van der Waals surface area contributed by atoms with Crippen LogP contribution in [-0.2, 0) is 0 Å². The van der Waals surface area contributed by atoms with Crippen LogP contribution in [0.3, 0.4) is 0 Å². The van der Waals surface area contributed by atoms with Crippen molar-refractivity contribution in [3.8, 4) is 11.6 Å². The molecule has 0 amide bonds. The fourth-order valence-electron chi connectivity index (χ4n) is 3.48. The molecule has 0 aromatic carbocycles. The smallest absolute Gasteiger partial charge is 0.278 e. The molecule has 3 rings (SSSR count). The van der Waals surface area contributed by atoms with Gasteiger partial charge in [0.15, 0.2) is 6.61 Å². The van der Waals surface area contributed by atoms with Crippen molar-refractivity contribution >= 4 is 5.84 Å². The summed E-state index contributed by atoms with van der Waals surface area (Å²) >= 11 is 0. The molecule has 2 saturated heterocycles. The topological polar surface area (TPSA) is 50.2 Å². The van der Waals surface area contributed by atoms with Crippen LogP contribution in [0.4, 0.5) is 8.78 Å². The molecule has 0 unspecified atom stereocenters. The Kier molecular flexibility index (Phi) is 6.97. The van der Waals surface area contributed by atoms with Crippen molar-refractivity contribution < 1.29 is 18.3 Å². The van der Waals surface area contributed by atoms with E-state index in [1.54, 1.807) is 12.1 Å². The number of pyridine rings is 1. The van der Waals surface area contributed by atoms with E-state index in [1.165, 1.54) is 12.3 Å². The minimum Gasteiger partial charge on any atom is -0.483 e. The summed E-state index contributed by atoms with van der Waals surface area (Å²) in [5, 5.41) is 0. The summed E-state index contributed by atoms with van der Waals surface area (Å²) in [7, 11) is 0. The Hall–Kier alpha value is -2.90. The number of nitrogens with zero attached hydrogens (tertiary/aromatic N) is 4. The van der Waals surface area contributed by atoms with Crippen LogP contribution in [0.25, 0.3) is 0 Å². The molecule has 2 aliphatic rings. The maximum absolute atomic E-state index is 12.9. The van der Waals surface area contributed by atoms with Gasteiger partial charge in [0.1, 0.15) is 17.7 Å². The third-order valence-corrected chi connectivity index (χ3v) is 5.22. The van der Waals surface area contributed by atoms with Gasteiger partial charge in [-0.05, 0) is 25.0 Å². The Bertz CT molecular complexity index is 855. The lowest BCUT2D eigenvalue weighted by Crippen LogP contribution is -2.47. The molecular weight excluding hydrogens is 402 g/mol. The molecule has 1 atom stereocenters. The summed E-state index contributed by atoms with van der Waals surface area (Å²) in [6.45, 7) is 15.2. The number of hydrogen-bond acceptors (Lipinski definition) is 5. The highest BCUT2D eigenvalue weighted by atomic mass is 19.3. The van der Waals surface area contributed by atoms with Gasteiger partial charge in [-0.1, -0.05) is 20.1 Å². The van der Waals surface area contributed by atoms with E-state index < -0.39 is 12.5 Å². The van der Waals surface area contributed by atoms with E-state index in [0.717, 1.165) is 50.2 Å². The van der Waals surface area contributed by atoms with Crippen molar-refractivity contribution in [2.24, 2.45) is 10.9 Å². The fourth-order valence-corrected chi connectivity index (χ4v) is 3.48. The average molecular weight is 433 g/mol. The number of likely N-dealkylation sites (tertiary alicyclic amines) is 2. The lowest BCUT2D eigenvalue weighted by atomic mass is 10.0. The average Bonchev–Trinajstić information content (AvgIpc) is 3.05. The number of ether oxygens (including phenoxy) is 2. The Morgan fingerprint density at radius 1 is 1.39 bits per heavy atom. The predicted octanol–water partition coefficient (Wildman–Crippen LogP) is 4.48. The van der Waals surface area contributed by atoms with Crippen LogP contribution in [-0.4, -0.2) is 58.9 Å². The van der Waals surface area contributed by atoms with Gasteiger partial charge in [0, 0.05) is 39.0 Å². The van der Waals surface area contributed by atoms with Crippen LogP contribution in [0.5, 0.6) is 11.6 Å². The van der Waals surface area contributed by atoms with Gasteiger partial charge in [-0.25, -0.2) is 18.8 Å². The number of aromatic nitrogens is 1. The first-order valence-corrected chi connectivity index (χ1v) is 10.4. The van der Waals surface area contributed by atoms with Crippen LogP contribution in [0.2, 0.25) is 0 Å². The van der Waals surface area contributed by atoms with Crippen molar-refractivity contribution in [2.75, 3.05) is 26.2 Å². The number of allylic oxidation sites excluding steroid dienone is 1. The van der Waals surface area contributed by atoms with Crippen LogP contribution in [0.1, 0.15) is 27.2 Å². The zero-order valence-corrected chi connectivity index (χ0v) is 18.4. The molecular formula is C23H30F2N4O2. The molecule has 0 radical (unpaired) electrons. The maximum Gasteiger partial charge on any atom is 0.278 e. The Balaban J connectivity index is 1.58. The van der Waals surface area contributed by atoms with Crippen molar-refractivity contribution in [2.45, 2.75) is 39.2 Å². The summed E-state index contributed by atoms with van der Waals surface area (Å²) in [6, 6.07) is 3.16. The summed E-state index contributed by atoms with van der Waals surface area (Å²) in [6.07, 6.45) is 5.57. The number of hydrogen-bond donors (Lipinski definition) is 0. The third-order valence-electron chi connectivity index (χ3n) is 5.22. The number of aliphatic imine (C=N–C) groups is 1. The Morgan fingerprint density at radius 3 is 2.71 bits per heavy atom. The Labute approximate surface area is 182 Å². The summed E-state index contributed by atoms with van der Waals surface area (Å²) < 4.78 is 36.8. The van der Waals surface area contributed by atoms with Crippen LogP contribution in [0.15, 0.2) is 60.1 Å². The van der Waals surface area contributed by atoms with Gasteiger partial charge < -0.3 is 19.3 Å². The molecule has 3 heterocycles. The number of halogens is 2. The first-order chi connectivity index (χ1) is 14.7. The van der Waals surface area contributed by atoms with Crippen LogP contribution in [0, 0.1) is 5.92 Å². The largest absolute Gasteiger partial charge is 0.483 e. The lowest BCUT2D eigenvalue weighted by Gasteiger charge is -2.38. The maximum atomic E-state index is 12.9. The molecule has 168 valence electrons. The molecule has 0 N–H and O–H groups in total. The molecule has 1 aromatic heterocycles. The van der Waals surface area contributed by atoms with E-state index in [-0.39, 0.29) is 12.0 Å². The minimum absolute atomic E-state index is 0.127. The van der Waals surface area contributed by atoms with E-state index in [9.17, 15) is 8.78 Å². The molecule has 0 bridgehead atoms. The Morgan fingerprint density at radius 2 is 2.13 bits per heavy atom. The molecule has 6 nitrogen and oxygen atoms in total. The predicted molar refractivity (Wildman–Crippen MR) is 117 cm³/mol. The van der Waals surface area contributed by atoms with Crippen molar-refractivity contribution in [3.05, 3.63) is 55.2 Å². The van der Waals surface area contributed by atoms with Gasteiger partial charge in [0.25, 0.3) is 5.92 Å². The van der Waals surface area contributed by atoms with Gasteiger partial charge in [-0.15, -0.1) is 0 Å². The molecule has 1 aromatic rings. The van der Waals surface area contributed by atoms with Gasteiger partial charge in [0.05, 0.1) is 23.8 Å². The number of alkyl halides is 2. The summed E-state index contributed by atoms with van der Waals surface area (Å²) in [5.74, 6) is -0.554. The zero-order valence-electron chi connectivity index (χ0n) is 18.4. The first-order valence-electron chi connectivity index (χ1n) is 10.4. The second-order valence-corrected chi connectivity index (χ2v) is 8.17. The van der Waals surface area contributed by atoms with Crippen LogP contribution < -0.4 is 9.47 Å². The second-order valence-electron chi connectivity index (χ2n) is 8.17.